The van der Waals surface area contributed by atoms with E-state index in [0.717, 1.165) is 37.1 Å². The molecular weight excluding hydrogens is 412 g/mol. The summed E-state index contributed by atoms with van der Waals surface area (Å²) >= 11 is 0. The number of fused-ring (bicyclic) bond motifs is 1. The highest BCUT2D eigenvalue weighted by Crippen LogP contribution is 2.30. The van der Waals surface area contributed by atoms with E-state index in [2.05, 4.69) is 9.89 Å². The molecule has 0 saturated carbocycles. The van der Waals surface area contributed by atoms with Gasteiger partial charge in [-0.05, 0) is 25.0 Å². The molecule has 2 aliphatic rings. The number of rotatable bonds is 2. The van der Waals surface area contributed by atoms with Crippen molar-refractivity contribution >= 4 is 29.9 Å². The van der Waals surface area contributed by atoms with E-state index in [1.54, 1.807) is 0 Å². The zero-order valence-electron chi connectivity index (χ0n) is 13.1. The monoisotopic (exact) mass is 435 g/mol. The van der Waals surface area contributed by atoms with Gasteiger partial charge in [0.05, 0.1) is 13.2 Å². The molecule has 2 N–H and O–H groups in total. The summed E-state index contributed by atoms with van der Waals surface area (Å²) in [7, 11) is 0. The summed E-state index contributed by atoms with van der Waals surface area (Å²) in [4.78, 5) is 6.56. The minimum atomic E-state index is -0.300. The Morgan fingerprint density at radius 2 is 1.96 bits per heavy atom. The minimum absolute atomic E-state index is 0. The highest BCUT2D eigenvalue weighted by atomic mass is 127. The standard InChI is InChI=1S/C16H22FN3O2.HI/c17-14-7-12(15-13(8-14)10-21-11-22-15)9-19-16(18)20-5-3-1-2-4-6-20;/h7-8H,1-6,9-11H2,(H2,18,19);1H. The molecule has 0 radical (unpaired) electrons. The van der Waals surface area contributed by atoms with Crippen LogP contribution in [0.1, 0.15) is 36.8 Å². The molecule has 0 aromatic heterocycles. The summed E-state index contributed by atoms with van der Waals surface area (Å²) in [5.74, 6) is 0.915. The zero-order chi connectivity index (χ0) is 15.4. The second-order valence-electron chi connectivity index (χ2n) is 5.74. The maximum Gasteiger partial charge on any atom is 0.191 e. The van der Waals surface area contributed by atoms with Gasteiger partial charge in [-0.25, -0.2) is 9.38 Å². The Hall–Kier alpha value is -1.09. The molecule has 3 rings (SSSR count). The van der Waals surface area contributed by atoms with E-state index in [-0.39, 0.29) is 36.6 Å². The van der Waals surface area contributed by atoms with Crippen LogP contribution in [0.4, 0.5) is 4.39 Å². The summed E-state index contributed by atoms with van der Waals surface area (Å²) in [6.45, 7) is 2.77. The third-order valence-corrected chi connectivity index (χ3v) is 4.09. The molecule has 0 aliphatic carbocycles. The highest BCUT2D eigenvalue weighted by Gasteiger charge is 2.17. The highest BCUT2D eigenvalue weighted by molar-refractivity contribution is 14.0. The van der Waals surface area contributed by atoms with Gasteiger partial charge in [0, 0.05) is 24.2 Å². The van der Waals surface area contributed by atoms with Gasteiger partial charge in [0.25, 0.3) is 0 Å². The van der Waals surface area contributed by atoms with Crippen LogP contribution < -0.4 is 10.5 Å². The van der Waals surface area contributed by atoms with E-state index in [9.17, 15) is 4.39 Å². The Morgan fingerprint density at radius 1 is 1.22 bits per heavy atom. The maximum atomic E-state index is 13.7. The molecule has 0 unspecified atom stereocenters. The molecule has 1 saturated heterocycles. The van der Waals surface area contributed by atoms with Gasteiger partial charge in [-0.2, -0.15) is 0 Å². The summed E-state index contributed by atoms with van der Waals surface area (Å²) in [6.07, 6.45) is 4.78. The molecule has 128 valence electrons. The number of hydrogen-bond donors (Lipinski definition) is 1. The molecule has 0 amide bonds. The predicted octanol–water partition coefficient (Wildman–Crippen LogP) is 3.00. The van der Waals surface area contributed by atoms with E-state index < -0.39 is 0 Å². The number of benzene rings is 1. The lowest BCUT2D eigenvalue weighted by molar-refractivity contribution is -0.0172. The smallest absolute Gasteiger partial charge is 0.191 e. The fraction of sp³-hybridized carbons (Fsp3) is 0.562. The van der Waals surface area contributed by atoms with Crippen LogP contribution in [-0.2, 0) is 17.9 Å². The number of likely N-dealkylation sites (tertiary alicyclic amines) is 1. The Bertz CT molecular complexity index is 561. The van der Waals surface area contributed by atoms with Crippen molar-refractivity contribution in [3.05, 3.63) is 29.1 Å². The Kier molecular flexibility index (Phi) is 6.88. The first-order valence-corrected chi connectivity index (χ1v) is 7.81. The van der Waals surface area contributed by atoms with Crippen LogP contribution in [0.2, 0.25) is 0 Å². The number of nitrogens with two attached hydrogens (primary N) is 1. The largest absolute Gasteiger partial charge is 0.467 e. The van der Waals surface area contributed by atoms with Crippen LogP contribution in [0.5, 0.6) is 5.75 Å². The van der Waals surface area contributed by atoms with Crippen molar-refractivity contribution in [2.45, 2.75) is 38.8 Å². The molecule has 5 nitrogen and oxygen atoms in total. The van der Waals surface area contributed by atoms with Gasteiger partial charge < -0.3 is 20.1 Å². The average molecular weight is 435 g/mol. The average Bonchev–Trinajstić information content (AvgIpc) is 2.81. The molecule has 0 atom stereocenters. The number of aliphatic imine (C=N–C) groups is 1. The molecule has 2 heterocycles. The Labute approximate surface area is 153 Å². The van der Waals surface area contributed by atoms with Crippen LogP contribution in [0.25, 0.3) is 0 Å². The van der Waals surface area contributed by atoms with E-state index in [0.29, 0.717) is 24.9 Å². The predicted molar refractivity (Wildman–Crippen MR) is 97.5 cm³/mol. The van der Waals surface area contributed by atoms with Gasteiger partial charge >= 0.3 is 0 Å². The van der Waals surface area contributed by atoms with Gasteiger partial charge in [-0.1, -0.05) is 12.8 Å². The lowest BCUT2D eigenvalue weighted by Gasteiger charge is -2.22. The molecule has 7 heteroatoms. The quantitative estimate of drug-likeness (QED) is 0.441. The third-order valence-electron chi connectivity index (χ3n) is 4.09. The third kappa shape index (κ3) is 4.69. The summed E-state index contributed by atoms with van der Waals surface area (Å²) < 4.78 is 24.4. The first kappa shape index (κ1) is 18.3. The van der Waals surface area contributed by atoms with E-state index in [1.807, 2.05) is 0 Å². The summed E-state index contributed by atoms with van der Waals surface area (Å²) in [5, 5.41) is 0. The second kappa shape index (κ2) is 8.68. The van der Waals surface area contributed by atoms with Gasteiger partial charge in [0.2, 0.25) is 0 Å². The van der Waals surface area contributed by atoms with Gasteiger partial charge in [0.1, 0.15) is 11.6 Å². The van der Waals surface area contributed by atoms with E-state index in [4.69, 9.17) is 15.2 Å². The van der Waals surface area contributed by atoms with Crippen molar-refractivity contribution in [3.8, 4) is 5.75 Å². The molecule has 1 aromatic rings. The number of guanidine groups is 1. The van der Waals surface area contributed by atoms with Crippen molar-refractivity contribution in [2.75, 3.05) is 19.9 Å². The topological polar surface area (TPSA) is 60.1 Å². The molecule has 1 aromatic carbocycles. The van der Waals surface area contributed by atoms with Crippen LogP contribution >= 0.6 is 24.0 Å². The molecular formula is C16H23FIN3O2. The molecule has 1 fully saturated rings. The van der Waals surface area contributed by atoms with Crippen LogP contribution in [0.15, 0.2) is 17.1 Å². The summed E-state index contributed by atoms with van der Waals surface area (Å²) in [5.41, 5.74) is 7.54. The molecule has 2 aliphatic heterocycles. The Morgan fingerprint density at radius 3 is 2.70 bits per heavy atom. The van der Waals surface area contributed by atoms with E-state index >= 15 is 0 Å². The maximum absolute atomic E-state index is 13.7. The number of ether oxygens (including phenoxy) is 2. The van der Waals surface area contributed by atoms with Crippen molar-refractivity contribution < 1.29 is 13.9 Å². The van der Waals surface area contributed by atoms with Crippen molar-refractivity contribution in [1.82, 2.24) is 4.90 Å². The van der Waals surface area contributed by atoms with Crippen LogP contribution in [0, 0.1) is 5.82 Å². The molecule has 23 heavy (non-hydrogen) atoms. The summed E-state index contributed by atoms with van der Waals surface area (Å²) in [6, 6.07) is 2.91. The van der Waals surface area contributed by atoms with Crippen LogP contribution in [-0.4, -0.2) is 30.7 Å². The van der Waals surface area contributed by atoms with Gasteiger partial charge in [-0.3, -0.25) is 0 Å². The zero-order valence-corrected chi connectivity index (χ0v) is 15.4. The van der Waals surface area contributed by atoms with Gasteiger partial charge in [0.15, 0.2) is 12.8 Å². The van der Waals surface area contributed by atoms with Gasteiger partial charge in [-0.15, -0.1) is 24.0 Å². The number of nitrogens with zero attached hydrogens (tertiary/aromatic N) is 2. The van der Waals surface area contributed by atoms with Crippen molar-refractivity contribution in [1.29, 1.82) is 0 Å². The van der Waals surface area contributed by atoms with Crippen molar-refractivity contribution in [3.63, 3.8) is 0 Å². The first-order valence-electron chi connectivity index (χ1n) is 7.81. The fourth-order valence-corrected chi connectivity index (χ4v) is 2.94. The van der Waals surface area contributed by atoms with E-state index in [1.165, 1.54) is 25.0 Å². The lowest BCUT2D eigenvalue weighted by Crippen LogP contribution is -2.38. The normalized spacial score (nSPS) is 18.5. The minimum Gasteiger partial charge on any atom is -0.467 e. The first-order chi connectivity index (χ1) is 10.7. The SMILES string of the molecule is I.NC(=NCc1cc(F)cc2c1OCOC2)N1CCCCCC1. The second-order valence-corrected chi connectivity index (χ2v) is 5.74. The fourth-order valence-electron chi connectivity index (χ4n) is 2.94. The molecule has 0 bridgehead atoms. The van der Waals surface area contributed by atoms with Crippen molar-refractivity contribution in [2.24, 2.45) is 10.7 Å². The molecule has 0 spiro atoms. The number of hydrogen-bond acceptors (Lipinski definition) is 3. The lowest BCUT2D eigenvalue weighted by atomic mass is 10.1. The Balaban J connectivity index is 0.00000192. The van der Waals surface area contributed by atoms with Crippen LogP contribution in [0.3, 0.4) is 0 Å². The number of halogens is 2.